The first-order chi connectivity index (χ1) is 9.06. The first-order valence-corrected chi connectivity index (χ1v) is 7.76. The molecule has 0 radical (unpaired) electrons. The molecule has 1 heterocycles. The van der Waals surface area contributed by atoms with Gasteiger partial charge in [-0.25, -0.2) is 0 Å². The van der Waals surface area contributed by atoms with E-state index < -0.39 is 0 Å². The Balaban J connectivity index is 0.00000200. The third-order valence-electron chi connectivity index (χ3n) is 4.72. The number of carbonyl (C=O) groups excluding carboxylic acids is 1. The van der Waals surface area contributed by atoms with Crippen molar-refractivity contribution >= 4 is 18.3 Å². The van der Waals surface area contributed by atoms with Crippen molar-refractivity contribution in [3.63, 3.8) is 0 Å². The summed E-state index contributed by atoms with van der Waals surface area (Å²) in [7, 11) is 4.28. The lowest BCUT2D eigenvalue weighted by Crippen LogP contribution is -2.48. The van der Waals surface area contributed by atoms with Crippen LogP contribution in [-0.4, -0.2) is 49.6 Å². The first kappa shape index (κ1) is 17.7. The van der Waals surface area contributed by atoms with Gasteiger partial charge in [-0.05, 0) is 66.1 Å². The molecule has 0 aromatic carbocycles. The molecule has 0 spiro atoms. The Morgan fingerprint density at radius 2 is 1.95 bits per heavy atom. The van der Waals surface area contributed by atoms with Gasteiger partial charge in [-0.2, -0.15) is 0 Å². The summed E-state index contributed by atoms with van der Waals surface area (Å²) in [5.41, 5.74) is 0. The molecule has 20 heavy (non-hydrogen) atoms. The minimum absolute atomic E-state index is 0. The Labute approximate surface area is 129 Å². The smallest absolute Gasteiger partial charge is 0.223 e. The zero-order chi connectivity index (χ0) is 13.8. The highest BCUT2D eigenvalue weighted by atomic mass is 35.5. The van der Waals surface area contributed by atoms with Crippen LogP contribution < -0.4 is 10.6 Å². The van der Waals surface area contributed by atoms with Gasteiger partial charge >= 0.3 is 0 Å². The quantitative estimate of drug-likeness (QED) is 0.835. The summed E-state index contributed by atoms with van der Waals surface area (Å²) in [6.45, 7) is 3.15. The van der Waals surface area contributed by atoms with E-state index in [9.17, 15) is 4.79 Å². The summed E-state index contributed by atoms with van der Waals surface area (Å²) in [4.78, 5) is 14.6. The van der Waals surface area contributed by atoms with Gasteiger partial charge in [0.2, 0.25) is 5.91 Å². The average molecular weight is 304 g/mol. The van der Waals surface area contributed by atoms with Gasteiger partial charge < -0.3 is 15.5 Å². The van der Waals surface area contributed by atoms with E-state index in [0.29, 0.717) is 18.1 Å². The molecule has 2 N–H and O–H groups in total. The zero-order valence-electron chi connectivity index (χ0n) is 13.0. The lowest BCUT2D eigenvalue weighted by atomic mass is 9.88. The van der Waals surface area contributed by atoms with Gasteiger partial charge in [-0.3, -0.25) is 4.79 Å². The van der Waals surface area contributed by atoms with Crippen molar-refractivity contribution in [2.24, 2.45) is 5.92 Å². The van der Waals surface area contributed by atoms with Gasteiger partial charge in [-0.1, -0.05) is 0 Å². The molecule has 4 atom stereocenters. The SMILES string of the molecule is C[C@H]1C[C@@H](C(=O)NC2CCCC(N(C)C)C2)CCN1.Cl. The Morgan fingerprint density at radius 3 is 2.60 bits per heavy atom. The van der Waals surface area contributed by atoms with Crippen LogP contribution >= 0.6 is 12.4 Å². The second-order valence-corrected chi connectivity index (χ2v) is 6.57. The second kappa shape index (κ2) is 8.20. The van der Waals surface area contributed by atoms with Crippen molar-refractivity contribution < 1.29 is 4.79 Å². The van der Waals surface area contributed by atoms with Crippen LogP contribution in [0.2, 0.25) is 0 Å². The minimum atomic E-state index is 0. The molecule has 2 unspecified atom stereocenters. The van der Waals surface area contributed by atoms with Crippen LogP contribution in [0.5, 0.6) is 0 Å². The molecule has 2 rings (SSSR count). The predicted molar refractivity (Wildman–Crippen MR) is 85.3 cm³/mol. The largest absolute Gasteiger partial charge is 0.353 e. The number of hydrogen-bond donors (Lipinski definition) is 2. The molecule has 2 fully saturated rings. The molecule has 0 aromatic heterocycles. The Morgan fingerprint density at radius 1 is 1.20 bits per heavy atom. The van der Waals surface area contributed by atoms with Crippen molar-refractivity contribution in [3.8, 4) is 0 Å². The lowest BCUT2D eigenvalue weighted by Gasteiger charge is -2.35. The number of piperidine rings is 1. The van der Waals surface area contributed by atoms with Gasteiger partial charge in [0.25, 0.3) is 0 Å². The zero-order valence-corrected chi connectivity index (χ0v) is 13.8. The van der Waals surface area contributed by atoms with Crippen molar-refractivity contribution in [2.45, 2.75) is 63.6 Å². The highest BCUT2D eigenvalue weighted by Crippen LogP contribution is 2.23. The van der Waals surface area contributed by atoms with Crippen LogP contribution in [-0.2, 0) is 4.79 Å². The molecule has 2 aliphatic rings. The Hall–Kier alpha value is -0.320. The maximum absolute atomic E-state index is 12.3. The number of nitrogens with zero attached hydrogens (tertiary/aromatic N) is 1. The maximum atomic E-state index is 12.3. The second-order valence-electron chi connectivity index (χ2n) is 6.57. The van der Waals surface area contributed by atoms with Crippen LogP contribution in [0.25, 0.3) is 0 Å². The standard InChI is InChI=1S/C15H29N3O.ClH/c1-11-9-12(7-8-16-11)15(19)17-13-5-4-6-14(10-13)18(2)3;/h11-14,16H,4-10H2,1-3H3,(H,17,19);1H/t11-,12-,13?,14?;/m0./s1. The highest BCUT2D eigenvalue weighted by Gasteiger charge is 2.29. The molecule has 1 amide bonds. The first-order valence-electron chi connectivity index (χ1n) is 7.76. The van der Waals surface area contributed by atoms with Crippen LogP contribution in [0.1, 0.15) is 45.4 Å². The van der Waals surface area contributed by atoms with Crippen LogP contribution in [0.15, 0.2) is 0 Å². The number of halogens is 1. The molecule has 1 aliphatic heterocycles. The summed E-state index contributed by atoms with van der Waals surface area (Å²) in [6.07, 6.45) is 6.73. The van der Waals surface area contributed by atoms with E-state index in [0.717, 1.165) is 32.2 Å². The fraction of sp³-hybridized carbons (Fsp3) is 0.933. The highest BCUT2D eigenvalue weighted by molar-refractivity contribution is 5.85. The molecule has 5 heteroatoms. The van der Waals surface area contributed by atoms with Gasteiger partial charge in [0, 0.05) is 24.0 Å². The van der Waals surface area contributed by atoms with E-state index in [2.05, 4.69) is 36.6 Å². The van der Waals surface area contributed by atoms with Gasteiger partial charge in [0.15, 0.2) is 0 Å². The van der Waals surface area contributed by atoms with E-state index in [1.807, 2.05) is 0 Å². The molecule has 4 nitrogen and oxygen atoms in total. The molecule has 118 valence electrons. The fourth-order valence-electron chi connectivity index (χ4n) is 3.45. The van der Waals surface area contributed by atoms with Gasteiger partial charge in [0.1, 0.15) is 0 Å². The number of rotatable bonds is 3. The predicted octanol–water partition coefficient (Wildman–Crippen LogP) is 1.79. The summed E-state index contributed by atoms with van der Waals surface area (Å²) in [6, 6.07) is 1.50. The van der Waals surface area contributed by atoms with E-state index in [-0.39, 0.29) is 24.2 Å². The normalized spacial score (nSPS) is 34.4. The number of hydrogen-bond acceptors (Lipinski definition) is 3. The van der Waals surface area contributed by atoms with Crippen molar-refractivity contribution in [2.75, 3.05) is 20.6 Å². The Bertz CT molecular complexity index is 311. The van der Waals surface area contributed by atoms with E-state index in [1.165, 1.54) is 12.8 Å². The maximum Gasteiger partial charge on any atom is 0.223 e. The molecule has 0 bridgehead atoms. The van der Waals surface area contributed by atoms with E-state index in [1.54, 1.807) is 0 Å². The lowest BCUT2D eigenvalue weighted by molar-refractivity contribution is -0.127. The summed E-state index contributed by atoms with van der Waals surface area (Å²) < 4.78 is 0. The number of nitrogens with one attached hydrogen (secondary N) is 2. The van der Waals surface area contributed by atoms with Crippen molar-refractivity contribution in [1.29, 1.82) is 0 Å². The van der Waals surface area contributed by atoms with E-state index >= 15 is 0 Å². The summed E-state index contributed by atoms with van der Waals surface area (Å²) in [5.74, 6) is 0.508. The minimum Gasteiger partial charge on any atom is -0.353 e. The average Bonchev–Trinajstić information content (AvgIpc) is 2.39. The number of carbonyl (C=O) groups is 1. The van der Waals surface area contributed by atoms with Crippen LogP contribution in [0, 0.1) is 5.92 Å². The monoisotopic (exact) mass is 303 g/mol. The molecule has 0 aromatic rings. The van der Waals surface area contributed by atoms with E-state index in [4.69, 9.17) is 0 Å². The fourth-order valence-corrected chi connectivity index (χ4v) is 3.45. The third kappa shape index (κ3) is 4.90. The molecular weight excluding hydrogens is 274 g/mol. The van der Waals surface area contributed by atoms with Crippen molar-refractivity contribution in [3.05, 3.63) is 0 Å². The molecule has 1 saturated carbocycles. The van der Waals surface area contributed by atoms with Crippen LogP contribution in [0.4, 0.5) is 0 Å². The van der Waals surface area contributed by atoms with Gasteiger partial charge in [0.05, 0.1) is 0 Å². The molecule has 1 aliphatic carbocycles. The molecular formula is C15H30ClN3O. The number of amides is 1. The topological polar surface area (TPSA) is 44.4 Å². The molecule has 1 saturated heterocycles. The van der Waals surface area contributed by atoms with Crippen molar-refractivity contribution in [1.82, 2.24) is 15.5 Å². The van der Waals surface area contributed by atoms with Gasteiger partial charge in [-0.15, -0.1) is 12.4 Å². The Kier molecular flexibility index (Phi) is 7.27. The third-order valence-corrected chi connectivity index (χ3v) is 4.72. The van der Waals surface area contributed by atoms with Crippen LogP contribution in [0.3, 0.4) is 0 Å². The summed E-state index contributed by atoms with van der Waals surface area (Å²) in [5, 5.41) is 6.71. The summed E-state index contributed by atoms with van der Waals surface area (Å²) >= 11 is 0.